The molecular formula is C57H65N3O8. The predicted molar refractivity (Wildman–Crippen MR) is 265 cm³/mol. The van der Waals surface area contributed by atoms with Crippen LogP contribution in [-0.4, -0.2) is 70.2 Å². The fourth-order valence-electron chi connectivity index (χ4n) is 10.6. The van der Waals surface area contributed by atoms with Gasteiger partial charge in [0.2, 0.25) is 5.79 Å². The van der Waals surface area contributed by atoms with Gasteiger partial charge in [0.05, 0.1) is 37.1 Å². The third kappa shape index (κ3) is 10.9. The number of hydrogen-bond acceptors (Lipinski definition) is 10. The highest BCUT2D eigenvalue weighted by Gasteiger charge is 2.65. The molecule has 2 N–H and O–H groups in total. The lowest BCUT2D eigenvalue weighted by atomic mass is 9.55. The summed E-state index contributed by atoms with van der Waals surface area (Å²) >= 11 is 0. The summed E-state index contributed by atoms with van der Waals surface area (Å²) in [6.07, 6.45) is 10.6. The molecule has 356 valence electrons. The third-order valence-corrected chi connectivity index (χ3v) is 13.6. The first-order chi connectivity index (χ1) is 33.4. The van der Waals surface area contributed by atoms with Gasteiger partial charge in [0, 0.05) is 36.8 Å². The maximum atomic E-state index is 15.0. The van der Waals surface area contributed by atoms with Gasteiger partial charge in [-0.05, 0) is 109 Å². The number of aromatic nitrogens is 1. The van der Waals surface area contributed by atoms with Crippen molar-refractivity contribution in [3.8, 4) is 11.5 Å². The second kappa shape index (κ2) is 23.2. The first kappa shape index (κ1) is 48.2. The van der Waals surface area contributed by atoms with Crippen LogP contribution in [0.1, 0.15) is 85.4 Å². The molecule has 1 fully saturated rings. The summed E-state index contributed by atoms with van der Waals surface area (Å²) in [5.41, 5.74) is 6.26. The van der Waals surface area contributed by atoms with Gasteiger partial charge < -0.3 is 34.0 Å². The maximum absolute atomic E-state index is 15.0. The number of nitrogens with zero attached hydrogens (tertiary/aromatic N) is 3. The minimum absolute atomic E-state index is 0.0355. The monoisotopic (exact) mass is 919 g/mol. The van der Waals surface area contributed by atoms with Gasteiger partial charge in [-0.1, -0.05) is 115 Å². The number of pyridine rings is 1. The lowest BCUT2D eigenvalue weighted by molar-refractivity contribution is -0.256. The van der Waals surface area contributed by atoms with Gasteiger partial charge in [-0.3, -0.25) is 9.88 Å². The Morgan fingerprint density at radius 2 is 1.68 bits per heavy atom. The molecule has 0 saturated heterocycles. The van der Waals surface area contributed by atoms with Gasteiger partial charge in [-0.2, -0.15) is 0 Å². The number of aryl methyl sites for hydroxylation is 1. The molecule has 4 aromatic carbocycles. The van der Waals surface area contributed by atoms with Crippen molar-refractivity contribution >= 4 is 22.6 Å². The molecule has 11 heteroatoms. The number of unbranched alkanes of at least 4 members (excludes halogenated alkanes) is 2. The molecule has 68 heavy (non-hydrogen) atoms. The van der Waals surface area contributed by atoms with Crippen LogP contribution in [-0.2, 0) is 34.1 Å². The fourth-order valence-corrected chi connectivity index (χ4v) is 10.6. The number of rotatable bonds is 23. The Kier molecular flexibility index (Phi) is 16.4. The molecule has 1 aliphatic heterocycles. The van der Waals surface area contributed by atoms with E-state index in [-0.39, 0.29) is 70.4 Å². The number of carbonyl (C=O) groups is 1. The lowest BCUT2D eigenvalue weighted by Gasteiger charge is -2.60. The Morgan fingerprint density at radius 1 is 0.897 bits per heavy atom. The number of aliphatic hydroxyl groups excluding tert-OH is 2. The normalized spacial score (nSPS) is 22.0. The second-order valence-corrected chi connectivity index (χ2v) is 18.0. The van der Waals surface area contributed by atoms with E-state index in [1.54, 1.807) is 17.1 Å². The zero-order valence-corrected chi connectivity index (χ0v) is 39.2. The molecular weight excluding hydrogens is 855 g/mol. The highest BCUT2D eigenvalue weighted by Crippen LogP contribution is 2.62. The minimum Gasteiger partial charge on any atom is -0.487 e. The molecule has 6 atom stereocenters. The predicted octanol–water partition coefficient (Wildman–Crippen LogP) is 11.2. The number of aliphatic hydroxyl groups is 2. The average molecular weight is 920 g/mol. The van der Waals surface area contributed by atoms with Gasteiger partial charge in [-0.15, -0.1) is 13.2 Å². The van der Waals surface area contributed by atoms with Gasteiger partial charge in [0.25, 0.3) is 0 Å². The van der Waals surface area contributed by atoms with Crippen LogP contribution >= 0.6 is 0 Å². The molecule has 3 aliphatic rings. The highest BCUT2D eigenvalue weighted by molar-refractivity contribution is 6.03. The van der Waals surface area contributed by atoms with Crippen molar-refractivity contribution in [3.63, 3.8) is 0 Å². The molecule has 2 heterocycles. The molecule has 0 radical (unpaired) electrons. The Bertz CT molecular complexity index is 2560. The number of hydrogen-bond donors (Lipinski definition) is 2. The van der Waals surface area contributed by atoms with Crippen molar-refractivity contribution < 1.29 is 38.8 Å². The molecule has 8 rings (SSSR count). The summed E-state index contributed by atoms with van der Waals surface area (Å²) in [7, 11) is 0. The van der Waals surface area contributed by atoms with Crippen molar-refractivity contribution in [2.24, 2.45) is 22.9 Å². The van der Waals surface area contributed by atoms with E-state index in [0.717, 1.165) is 70.1 Å². The molecule has 1 amide bonds. The molecule has 2 aliphatic carbocycles. The summed E-state index contributed by atoms with van der Waals surface area (Å²) in [5, 5.41) is 27.2. The fraction of sp³-hybridized carbons (Fsp3) is 0.386. The summed E-state index contributed by atoms with van der Waals surface area (Å²) < 4.78 is 27.4. The smallest absolute Gasteiger partial charge is 0.410 e. The lowest BCUT2D eigenvalue weighted by Crippen LogP contribution is -2.70. The van der Waals surface area contributed by atoms with Crippen molar-refractivity contribution in [2.45, 2.75) is 95.8 Å². The second-order valence-electron chi connectivity index (χ2n) is 18.0. The van der Waals surface area contributed by atoms with E-state index in [4.69, 9.17) is 28.9 Å². The number of amides is 1. The van der Waals surface area contributed by atoms with Crippen LogP contribution in [0, 0.1) is 24.7 Å². The maximum Gasteiger partial charge on any atom is 0.410 e. The number of oxime groups is 1. The zero-order valence-electron chi connectivity index (χ0n) is 39.2. The van der Waals surface area contributed by atoms with Gasteiger partial charge in [0.1, 0.15) is 30.8 Å². The van der Waals surface area contributed by atoms with E-state index in [0.29, 0.717) is 36.5 Å². The minimum atomic E-state index is -1.47. The van der Waals surface area contributed by atoms with Crippen LogP contribution in [0.15, 0.2) is 151 Å². The molecule has 1 aromatic heterocycles. The van der Waals surface area contributed by atoms with E-state index in [1.165, 1.54) is 0 Å². The standard InChI is InChI=1S/C57H65N3O8/c1-4-6-33-64-56(63)60(37-44-24-17-23-42-21-10-11-26-47(42)44)53-36-51(59-67-38-41-19-8-7-9-20-41)49-34-43(22-12-14-30-61)48(27-13-15-31-62)54-50-35-46(65-39-45-25-16-18-40(3)58-45)28-29-52(50)68-57(53,55(49)54)66-32-5-2/h4-5,7-11,16-21,23-26,28-29,34-35,43,48,53-55,61-62H,1-2,6,12-15,22,27,30-33,36-39H2,3H3/t43-,48+,53-,54+,55+,57+/m0/s1. The highest BCUT2D eigenvalue weighted by atomic mass is 16.7. The van der Waals surface area contributed by atoms with Crippen LogP contribution in [0.5, 0.6) is 11.5 Å². The van der Waals surface area contributed by atoms with E-state index in [2.05, 4.69) is 54.5 Å². The molecule has 0 spiro atoms. The Morgan fingerprint density at radius 3 is 2.47 bits per heavy atom. The number of benzene rings is 4. The summed E-state index contributed by atoms with van der Waals surface area (Å²) in [5.74, 6) is -0.814. The van der Waals surface area contributed by atoms with E-state index >= 15 is 4.79 Å². The van der Waals surface area contributed by atoms with E-state index in [1.807, 2.05) is 85.8 Å². The summed E-state index contributed by atoms with van der Waals surface area (Å²) in [6, 6.07) is 35.4. The van der Waals surface area contributed by atoms with Crippen LogP contribution in [0.3, 0.4) is 0 Å². The molecule has 1 saturated carbocycles. The van der Waals surface area contributed by atoms with Crippen molar-refractivity contribution in [3.05, 3.63) is 174 Å². The van der Waals surface area contributed by atoms with Gasteiger partial charge in [0.15, 0.2) is 0 Å². The summed E-state index contributed by atoms with van der Waals surface area (Å²) in [6.45, 7) is 11.1. The van der Waals surface area contributed by atoms with Gasteiger partial charge in [-0.25, -0.2) is 4.79 Å². The number of fused-ring (bicyclic) bond motifs is 3. The average Bonchev–Trinajstić information content (AvgIpc) is 3.36. The molecule has 5 aromatic rings. The van der Waals surface area contributed by atoms with Crippen LogP contribution < -0.4 is 9.47 Å². The number of carbonyl (C=O) groups excluding carboxylic acids is 1. The van der Waals surface area contributed by atoms with E-state index < -0.39 is 23.8 Å². The number of ether oxygens (including phenoxy) is 4. The Hall–Kier alpha value is -6.27. The molecule has 11 nitrogen and oxygen atoms in total. The summed E-state index contributed by atoms with van der Waals surface area (Å²) in [4.78, 5) is 27.8. The van der Waals surface area contributed by atoms with Crippen LogP contribution in [0.2, 0.25) is 0 Å². The van der Waals surface area contributed by atoms with Crippen molar-refractivity contribution in [2.75, 3.05) is 26.4 Å². The quantitative estimate of drug-likeness (QED) is 0.0373. The van der Waals surface area contributed by atoms with Crippen LogP contribution in [0.25, 0.3) is 10.8 Å². The van der Waals surface area contributed by atoms with Gasteiger partial charge >= 0.3 is 6.09 Å². The third-order valence-electron chi connectivity index (χ3n) is 13.6. The number of allylic oxidation sites excluding steroid dienone is 1. The first-order valence-corrected chi connectivity index (χ1v) is 24.2. The first-order valence-electron chi connectivity index (χ1n) is 24.2. The Balaban J connectivity index is 1.34. The zero-order chi connectivity index (χ0) is 47.3. The molecule has 0 unspecified atom stereocenters. The van der Waals surface area contributed by atoms with Crippen molar-refractivity contribution in [1.29, 1.82) is 0 Å². The topological polar surface area (TPSA) is 132 Å². The molecule has 0 bridgehead atoms. The SMILES string of the molecule is C=CCCOC(=O)N(Cc1cccc2ccccc12)[C@H]1CC(=NOCc2ccccc2)C2=C[C@H](CCCCO)[C@@H](CCCCO)[C@@H]3c4cc(OCc5cccc(C)n5)ccc4O[C@@]1(OCC=C)[C@H]23. The van der Waals surface area contributed by atoms with E-state index in [9.17, 15) is 10.2 Å². The Labute approximate surface area is 400 Å². The van der Waals surface area contributed by atoms with Crippen LogP contribution in [0.4, 0.5) is 4.79 Å². The largest absolute Gasteiger partial charge is 0.487 e. The van der Waals surface area contributed by atoms with Crippen molar-refractivity contribution in [1.82, 2.24) is 9.88 Å².